The number of carbonyl (C=O) groups excluding carboxylic acids is 2. The van der Waals surface area contributed by atoms with E-state index in [0.29, 0.717) is 22.1 Å². The number of amides is 2. The van der Waals surface area contributed by atoms with E-state index in [1.165, 1.54) is 14.0 Å². The van der Waals surface area contributed by atoms with Gasteiger partial charge in [0.15, 0.2) is 0 Å². The summed E-state index contributed by atoms with van der Waals surface area (Å²) in [4.78, 5) is 23.4. The van der Waals surface area contributed by atoms with Gasteiger partial charge in [-0.25, -0.2) is 0 Å². The quantitative estimate of drug-likeness (QED) is 0.733. The maximum absolute atomic E-state index is 12.2. The second-order valence-electron chi connectivity index (χ2n) is 5.46. The van der Waals surface area contributed by atoms with E-state index in [-0.39, 0.29) is 18.4 Å². The summed E-state index contributed by atoms with van der Waals surface area (Å²) in [6.07, 6.45) is 0. The fourth-order valence-electron chi connectivity index (χ4n) is 2.28. The lowest BCUT2D eigenvalue weighted by molar-refractivity contribution is -0.115. The molecule has 0 fully saturated rings. The summed E-state index contributed by atoms with van der Waals surface area (Å²) in [5.41, 5.74) is 2.84. The highest BCUT2D eigenvalue weighted by Crippen LogP contribution is 2.28. The summed E-state index contributed by atoms with van der Waals surface area (Å²) in [5, 5.41) is 9.15. The Morgan fingerprint density at radius 1 is 1.08 bits per heavy atom. The van der Waals surface area contributed by atoms with Crippen LogP contribution in [0.2, 0.25) is 5.02 Å². The molecule has 0 bridgehead atoms. The van der Waals surface area contributed by atoms with Crippen molar-refractivity contribution in [2.75, 3.05) is 29.6 Å². The molecule has 0 aliphatic rings. The SMILES string of the molecule is COc1ccc(NC(C)=O)cc1NC(=O)CNc1ccc(Cl)cc1C. The Labute approximate surface area is 151 Å². The molecule has 2 rings (SSSR count). The van der Waals surface area contributed by atoms with Gasteiger partial charge in [0.2, 0.25) is 11.8 Å². The summed E-state index contributed by atoms with van der Waals surface area (Å²) in [6.45, 7) is 3.41. The van der Waals surface area contributed by atoms with Crippen molar-refractivity contribution in [3.63, 3.8) is 0 Å². The summed E-state index contributed by atoms with van der Waals surface area (Å²) < 4.78 is 5.24. The average molecular weight is 362 g/mol. The van der Waals surface area contributed by atoms with Crippen LogP contribution < -0.4 is 20.7 Å². The van der Waals surface area contributed by atoms with Crippen molar-refractivity contribution in [1.82, 2.24) is 0 Å². The van der Waals surface area contributed by atoms with Crippen LogP contribution in [0.15, 0.2) is 36.4 Å². The number of rotatable bonds is 6. The third kappa shape index (κ3) is 5.39. The van der Waals surface area contributed by atoms with Gasteiger partial charge in [-0.1, -0.05) is 11.6 Å². The lowest BCUT2D eigenvalue weighted by atomic mass is 10.2. The maximum atomic E-state index is 12.2. The van der Waals surface area contributed by atoms with E-state index in [2.05, 4.69) is 16.0 Å². The molecular formula is C18H20ClN3O3. The van der Waals surface area contributed by atoms with Crippen LogP contribution in [0.4, 0.5) is 17.1 Å². The lowest BCUT2D eigenvalue weighted by Crippen LogP contribution is -2.22. The number of ether oxygens (including phenoxy) is 1. The third-order valence-corrected chi connectivity index (χ3v) is 3.66. The summed E-state index contributed by atoms with van der Waals surface area (Å²) in [5.74, 6) is 0.0695. The highest BCUT2D eigenvalue weighted by Gasteiger charge is 2.10. The fraction of sp³-hybridized carbons (Fsp3) is 0.222. The van der Waals surface area contributed by atoms with Gasteiger partial charge in [-0.3, -0.25) is 9.59 Å². The Kier molecular flexibility index (Phi) is 6.25. The summed E-state index contributed by atoms with van der Waals surface area (Å²) in [7, 11) is 1.51. The van der Waals surface area contributed by atoms with E-state index in [9.17, 15) is 9.59 Å². The molecular weight excluding hydrogens is 342 g/mol. The molecule has 0 saturated carbocycles. The van der Waals surface area contributed by atoms with Gasteiger partial charge in [0.05, 0.1) is 19.3 Å². The van der Waals surface area contributed by atoms with Crippen LogP contribution in [-0.2, 0) is 9.59 Å². The molecule has 0 aromatic heterocycles. The molecule has 0 heterocycles. The van der Waals surface area contributed by atoms with Crippen molar-refractivity contribution in [2.24, 2.45) is 0 Å². The zero-order chi connectivity index (χ0) is 18.4. The van der Waals surface area contributed by atoms with E-state index >= 15 is 0 Å². The normalized spacial score (nSPS) is 10.1. The van der Waals surface area contributed by atoms with Gasteiger partial charge >= 0.3 is 0 Å². The van der Waals surface area contributed by atoms with E-state index in [1.54, 1.807) is 24.3 Å². The van der Waals surface area contributed by atoms with Crippen molar-refractivity contribution in [3.05, 3.63) is 47.0 Å². The molecule has 0 atom stereocenters. The summed E-state index contributed by atoms with van der Waals surface area (Å²) >= 11 is 5.92. The second kappa shape index (κ2) is 8.39. The number of nitrogens with one attached hydrogen (secondary N) is 3. The number of methoxy groups -OCH3 is 1. The molecule has 0 unspecified atom stereocenters. The molecule has 2 aromatic rings. The van der Waals surface area contributed by atoms with Crippen LogP contribution in [0.1, 0.15) is 12.5 Å². The first-order valence-corrected chi connectivity index (χ1v) is 8.02. The Bertz CT molecular complexity index is 793. The van der Waals surface area contributed by atoms with Gasteiger partial charge in [-0.15, -0.1) is 0 Å². The van der Waals surface area contributed by atoms with Crippen molar-refractivity contribution in [2.45, 2.75) is 13.8 Å². The van der Waals surface area contributed by atoms with Crippen LogP contribution in [0.25, 0.3) is 0 Å². The molecule has 2 aromatic carbocycles. The molecule has 132 valence electrons. The Hall–Kier alpha value is -2.73. The molecule has 0 saturated heterocycles. The molecule has 0 aliphatic heterocycles. The van der Waals surface area contributed by atoms with Crippen LogP contribution >= 0.6 is 11.6 Å². The van der Waals surface area contributed by atoms with Crippen molar-refractivity contribution < 1.29 is 14.3 Å². The minimum absolute atomic E-state index is 0.0794. The molecule has 0 radical (unpaired) electrons. The van der Waals surface area contributed by atoms with E-state index in [4.69, 9.17) is 16.3 Å². The fourth-order valence-corrected chi connectivity index (χ4v) is 2.51. The minimum atomic E-state index is -0.243. The average Bonchev–Trinajstić information content (AvgIpc) is 2.54. The van der Waals surface area contributed by atoms with Gasteiger partial charge in [-0.05, 0) is 48.9 Å². The largest absolute Gasteiger partial charge is 0.495 e. The van der Waals surface area contributed by atoms with E-state index in [0.717, 1.165) is 11.3 Å². The van der Waals surface area contributed by atoms with Gasteiger partial charge in [0.25, 0.3) is 0 Å². The van der Waals surface area contributed by atoms with E-state index in [1.807, 2.05) is 19.1 Å². The molecule has 0 aliphatic carbocycles. The zero-order valence-electron chi connectivity index (χ0n) is 14.3. The molecule has 2 amide bonds. The van der Waals surface area contributed by atoms with Gasteiger partial charge in [0, 0.05) is 23.3 Å². The Morgan fingerprint density at radius 2 is 1.84 bits per heavy atom. The van der Waals surface area contributed by atoms with Gasteiger partial charge in [0.1, 0.15) is 5.75 Å². The molecule has 7 heteroatoms. The Balaban J connectivity index is 2.04. The number of carbonyl (C=O) groups is 2. The lowest BCUT2D eigenvalue weighted by Gasteiger charge is -2.14. The van der Waals surface area contributed by atoms with Crippen molar-refractivity contribution >= 4 is 40.5 Å². The minimum Gasteiger partial charge on any atom is -0.495 e. The van der Waals surface area contributed by atoms with Crippen molar-refractivity contribution in [1.29, 1.82) is 0 Å². The zero-order valence-corrected chi connectivity index (χ0v) is 15.0. The molecule has 25 heavy (non-hydrogen) atoms. The molecule has 3 N–H and O–H groups in total. The van der Waals surface area contributed by atoms with Crippen LogP contribution in [0.3, 0.4) is 0 Å². The first-order chi connectivity index (χ1) is 11.9. The highest BCUT2D eigenvalue weighted by atomic mass is 35.5. The maximum Gasteiger partial charge on any atom is 0.243 e. The number of aryl methyl sites for hydroxylation is 1. The first kappa shape index (κ1) is 18.6. The highest BCUT2D eigenvalue weighted by molar-refractivity contribution is 6.30. The number of halogens is 1. The predicted molar refractivity (Wildman–Crippen MR) is 101 cm³/mol. The van der Waals surface area contributed by atoms with Gasteiger partial charge < -0.3 is 20.7 Å². The summed E-state index contributed by atoms with van der Waals surface area (Å²) in [6, 6.07) is 10.4. The van der Waals surface area contributed by atoms with Crippen molar-refractivity contribution in [3.8, 4) is 5.75 Å². The third-order valence-electron chi connectivity index (χ3n) is 3.42. The number of anilines is 3. The standard InChI is InChI=1S/C18H20ClN3O3/c1-11-8-13(19)4-6-15(11)20-10-18(24)22-16-9-14(21-12(2)23)5-7-17(16)25-3/h4-9,20H,10H2,1-3H3,(H,21,23)(H,22,24). The number of hydrogen-bond acceptors (Lipinski definition) is 4. The van der Waals surface area contributed by atoms with Crippen LogP contribution in [0, 0.1) is 6.92 Å². The topological polar surface area (TPSA) is 79.5 Å². The Morgan fingerprint density at radius 3 is 2.48 bits per heavy atom. The van der Waals surface area contributed by atoms with E-state index < -0.39 is 0 Å². The first-order valence-electron chi connectivity index (χ1n) is 7.64. The smallest absolute Gasteiger partial charge is 0.243 e. The van der Waals surface area contributed by atoms with Crippen LogP contribution in [-0.4, -0.2) is 25.5 Å². The molecule has 6 nitrogen and oxygen atoms in total. The van der Waals surface area contributed by atoms with Crippen LogP contribution in [0.5, 0.6) is 5.75 Å². The van der Waals surface area contributed by atoms with Gasteiger partial charge in [-0.2, -0.15) is 0 Å². The number of hydrogen-bond donors (Lipinski definition) is 3. The second-order valence-corrected chi connectivity index (χ2v) is 5.89. The molecule has 0 spiro atoms. The predicted octanol–water partition coefficient (Wildman–Crippen LogP) is 3.67. The monoisotopic (exact) mass is 361 g/mol. The number of benzene rings is 2.